The maximum Gasteiger partial charge on any atom is 0.122 e. The van der Waals surface area contributed by atoms with Gasteiger partial charge in [0.05, 0.1) is 0 Å². The maximum atomic E-state index is 7.43. The van der Waals surface area contributed by atoms with Gasteiger partial charge in [0, 0.05) is 28.0 Å². The molecule has 21 heavy (non-hydrogen) atoms. The van der Waals surface area contributed by atoms with Gasteiger partial charge in [0.15, 0.2) is 0 Å². The largest absolute Gasteiger partial charge is 0.384 e. The Hall–Kier alpha value is -1.36. The van der Waals surface area contributed by atoms with Gasteiger partial charge in [-0.25, -0.2) is 0 Å². The first-order valence-electron chi connectivity index (χ1n) is 6.83. The number of likely N-dealkylation sites (N-methyl/N-ethyl adjacent to an activating group) is 1. The van der Waals surface area contributed by atoms with E-state index in [1.54, 1.807) is 17.4 Å². The highest BCUT2D eigenvalue weighted by Gasteiger charge is 2.13. The van der Waals surface area contributed by atoms with Crippen molar-refractivity contribution in [3.05, 3.63) is 56.7 Å². The van der Waals surface area contributed by atoms with Crippen molar-refractivity contribution in [3.63, 3.8) is 0 Å². The van der Waals surface area contributed by atoms with Crippen LogP contribution in [0.5, 0.6) is 0 Å². The van der Waals surface area contributed by atoms with Crippen molar-refractivity contribution in [2.24, 2.45) is 5.73 Å². The molecule has 0 aliphatic carbocycles. The summed E-state index contributed by atoms with van der Waals surface area (Å²) in [4.78, 5) is 3.68. The second kappa shape index (κ2) is 7.07. The zero-order valence-electron chi connectivity index (χ0n) is 12.3. The van der Waals surface area contributed by atoms with Crippen LogP contribution < -0.4 is 5.73 Å². The first-order valence-corrected chi connectivity index (χ1v) is 8.08. The lowest BCUT2D eigenvalue weighted by Gasteiger charge is -2.25. The molecule has 1 aromatic heterocycles. The Kier molecular flexibility index (Phi) is 5.39. The van der Waals surface area contributed by atoms with E-state index in [4.69, 9.17) is 22.7 Å². The molecule has 5 heteroatoms. The standard InChI is InChI=1S/C16H20ClN3S/c1-11(8-14-4-3-7-21-14)20(2)10-13-6-5-12(16(18)19)9-15(13)17/h3-7,9,11H,8,10H2,1-2H3,(H3,18,19). The predicted molar refractivity (Wildman–Crippen MR) is 91.4 cm³/mol. The summed E-state index contributed by atoms with van der Waals surface area (Å²) in [6.07, 6.45) is 1.04. The lowest BCUT2D eigenvalue weighted by atomic mass is 10.1. The van der Waals surface area contributed by atoms with Crippen LogP contribution in [0.1, 0.15) is 22.9 Å². The van der Waals surface area contributed by atoms with Crippen LogP contribution in [0, 0.1) is 5.41 Å². The monoisotopic (exact) mass is 321 g/mol. The fourth-order valence-corrected chi connectivity index (χ4v) is 3.21. The van der Waals surface area contributed by atoms with Gasteiger partial charge in [-0.3, -0.25) is 10.3 Å². The Labute approximate surface area is 134 Å². The van der Waals surface area contributed by atoms with Crippen molar-refractivity contribution in [3.8, 4) is 0 Å². The van der Waals surface area contributed by atoms with Crippen molar-refractivity contribution in [1.82, 2.24) is 4.90 Å². The predicted octanol–water partition coefficient (Wildman–Crippen LogP) is 3.75. The number of halogens is 1. The topological polar surface area (TPSA) is 53.1 Å². The molecule has 3 nitrogen and oxygen atoms in total. The third kappa shape index (κ3) is 4.30. The van der Waals surface area contributed by atoms with E-state index >= 15 is 0 Å². The van der Waals surface area contributed by atoms with Gasteiger partial charge in [-0.15, -0.1) is 11.3 Å². The molecule has 2 rings (SSSR count). The van der Waals surface area contributed by atoms with E-state index in [9.17, 15) is 0 Å². The Morgan fingerprint density at radius 2 is 2.19 bits per heavy atom. The summed E-state index contributed by atoms with van der Waals surface area (Å²) in [7, 11) is 2.10. The Bertz CT molecular complexity index is 610. The first-order chi connectivity index (χ1) is 9.97. The molecule has 0 saturated heterocycles. The number of hydrogen-bond donors (Lipinski definition) is 2. The molecule has 112 valence electrons. The molecule has 1 unspecified atom stereocenters. The van der Waals surface area contributed by atoms with Crippen molar-refractivity contribution < 1.29 is 0 Å². The average molecular weight is 322 g/mol. The van der Waals surface area contributed by atoms with Gasteiger partial charge in [0.2, 0.25) is 0 Å². The minimum Gasteiger partial charge on any atom is -0.384 e. The fraction of sp³-hybridized carbons (Fsp3) is 0.312. The van der Waals surface area contributed by atoms with E-state index in [-0.39, 0.29) is 5.84 Å². The number of hydrogen-bond acceptors (Lipinski definition) is 3. The van der Waals surface area contributed by atoms with E-state index in [2.05, 4.69) is 36.4 Å². The van der Waals surface area contributed by atoms with Gasteiger partial charge in [-0.05, 0) is 43.5 Å². The van der Waals surface area contributed by atoms with E-state index in [0.29, 0.717) is 16.6 Å². The highest BCUT2D eigenvalue weighted by molar-refractivity contribution is 7.09. The van der Waals surface area contributed by atoms with Crippen LogP contribution in [-0.4, -0.2) is 23.8 Å². The molecule has 0 aliphatic rings. The van der Waals surface area contributed by atoms with Gasteiger partial charge in [-0.1, -0.05) is 29.8 Å². The van der Waals surface area contributed by atoms with Gasteiger partial charge in [0.1, 0.15) is 5.84 Å². The molecule has 1 heterocycles. The summed E-state index contributed by atoms with van der Waals surface area (Å²) in [6, 6.07) is 10.3. The molecule has 1 aromatic carbocycles. The van der Waals surface area contributed by atoms with Gasteiger partial charge >= 0.3 is 0 Å². The quantitative estimate of drug-likeness (QED) is 0.629. The number of amidine groups is 1. The maximum absolute atomic E-state index is 7.43. The van der Waals surface area contributed by atoms with Crippen molar-refractivity contribution in [2.45, 2.75) is 25.9 Å². The van der Waals surface area contributed by atoms with E-state index in [1.807, 2.05) is 12.1 Å². The number of nitrogens with zero attached hydrogens (tertiary/aromatic N) is 1. The summed E-state index contributed by atoms with van der Waals surface area (Å²) in [6.45, 7) is 3.00. The summed E-state index contributed by atoms with van der Waals surface area (Å²) in [5.74, 6) is 0.0443. The summed E-state index contributed by atoms with van der Waals surface area (Å²) < 4.78 is 0. The molecule has 0 bridgehead atoms. The van der Waals surface area contributed by atoms with Crippen LogP contribution in [0.15, 0.2) is 35.7 Å². The van der Waals surface area contributed by atoms with Gasteiger partial charge in [-0.2, -0.15) is 0 Å². The normalized spacial score (nSPS) is 12.6. The third-order valence-corrected chi connectivity index (χ3v) is 4.86. The zero-order chi connectivity index (χ0) is 15.4. The second-order valence-corrected chi connectivity index (χ2v) is 6.71. The lowest BCUT2D eigenvalue weighted by Crippen LogP contribution is -2.30. The molecule has 1 atom stereocenters. The molecule has 0 amide bonds. The number of nitrogens with one attached hydrogen (secondary N) is 1. The molecule has 0 aliphatic heterocycles. The van der Waals surface area contributed by atoms with E-state index in [1.165, 1.54) is 4.88 Å². The minimum absolute atomic E-state index is 0.0443. The number of nitrogen functional groups attached to an aromatic ring is 1. The molecule has 2 aromatic rings. The number of nitrogens with two attached hydrogens (primary N) is 1. The third-order valence-electron chi connectivity index (χ3n) is 3.61. The Morgan fingerprint density at radius 1 is 1.43 bits per heavy atom. The molecule has 3 N–H and O–H groups in total. The summed E-state index contributed by atoms with van der Waals surface area (Å²) in [5, 5.41) is 10.2. The van der Waals surface area contributed by atoms with E-state index < -0.39 is 0 Å². The highest BCUT2D eigenvalue weighted by Crippen LogP contribution is 2.21. The molecule has 0 spiro atoms. The Balaban J connectivity index is 2.01. The lowest BCUT2D eigenvalue weighted by molar-refractivity contribution is 0.249. The van der Waals surface area contributed by atoms with E-state index in [0.717, 1.165) is 18.5 Å². The van der Waals surface area contributed by atoms with Gasteiger partial charge < -0.3 is 5.73 Å². The average Bonchev–Trinajstić information content (AvgIpc) is 2.93. The van der Waals surface area contributed by atoms with Crippen LogP contribution in [0.4, 0.5) is 0 Å². The molecule has 0 saturated carbocycles. The first kappa shape index (κ1) is 16.0. The number of thiophene rings is 1. The molecule has 0 radical (unpaired) electrons. The van der Waals surface area contributed by atoms with Gasteiger partial charge in [0.25, 0.3) is 0 Å². The van der Waals surface area contributed by atoms with Crippen LogP contribution >= 0.6 is 22.9 Å². The van der Waals surface area contributed by atoms with Crippen molar-refractivity contribution in [1.29, 1.82) is 5.41 Å². The molecular weight excluding hydrogens is 302 g/mol. The van der Waals surface area contributed by atoms with Crippen molar-refractivity contribution in [2.75, 3.05) is 7.05 Å². The number of rotatable bonds is 6. The second-order valence-electron chi connectivity index (χ2n) is 5.27. The summed E-state index contributed by atoms with van der Waals surface area (Å²) >= 11 is 8.08. The zero-order valence-corrected chi connectivity index (χ0v) is 13.8. The Morgan fingerprint density at radius 3 is 2.76 bits per heavy atom. The summed E-state index contributed by atoms with van der Waals surface area (Å²) in [5.41, 5.74) is 7.20. The van der Waals surface area contributed by atoms with Crippen LogP contribution in [0.3, 0.4) is 0 Å². The highest BCUT2D eigenvalue weighted by atomic mass is 35.5. The number of benzene rings is 1. The fourth-order valence-electron chi connectivity index (χ4n) is 2.14. The molecular formula is C16H20ClN3S. The smallest absolute Gasteiger partial charge is 0.122 e. The van der Waals surface area contributed by atoms with Crippen LogP contribution in [0.25, 0.3) is 0 Å². The van der Waals surface area contributed by atoms with Crippen LogP contribution in [0.2, 0.25) is 5.02 Å². The van der Waals surface area contributed by atoms with Crippen molar-refractivity contribution >= 4 is 28.8 Å². The SMILES string of the molecule is CC(Cc1cccs1)N(C)Cc1ccc(C(=N)N)cc1Cl. The minimum atomic E-state index is 0.0443. The van der Waals surface area contributed by atoms with Crippen LogP contribution in [-0.2, 0) is 13.0 Å². The molecule has 0 fully saturated rings.